The van der Waals surface area contributed by atoms with E-state index in [1.807, 2.05) is 0 Å². The molecule has 0 bridgehead atoms. The van der Waals surface area contributed by atoms with Crippen molar-refractivity contribution in [2.75, 3.05) is 26.2 Å². The van der Waals surface area contributed by atoms with Gasteiger partial charge in [-0.2, -0.15) is 0 Å². The highest BCUT2D eigenvalue weighted by Gasteiger charge is 2.30. The molecule has 4 rings (SSSR count). The van der Waals surface area contributed by atoms with Crippen LogP contribution < -0.4 is 5.32 Å². The quantitative estimate of drug-likeness (QED) is 0.750. The molecule has 2 aromatic rings. The minimum atomic E-state index is 0.139. The summed E-state index contributed by atoms with van der Waals surface area (Å²) in [4.78, 5) is 14.9. The molecule has 0 unspecified atom stereocenters. The SMILES string of the molecule is CC(C)(C)c1ccc(-c2cc(C[C@H]3CNCC[C@H]3CC(=O)N3CCCCC3)no2)cc1. The Morgan fingerprint density at radius 2 is 1.87 bits per heavy atom. The Balaban J connectivity index is 1.39. The fourth-order valence-electron chi connectivity index (χ4n) is 4.93. The third-order valence-corrected chi connectivity index (χ3v) is 6.98. The van der Waals surface area contributed by atoms with Crippen LogP contribution in [0.3, 0.4) is 0 Å². The number of nitrogens with zero attached hydrogens (tertiary/aromatic N) is 2. The predicted molar refractivity (Wildman–Crippen MR) is 124 cm³/mol. The summed E-state index contributed by atoms with van der Waals surface area (Å²) in [6.07, 6.45) is 6.15. The summed E-state index contributed by atoms with van der Waals surface area (Å²) in [6, 6.07) is 10.7. The van der Waals surface area contributed by atoms with Crippen LogP contribution >= 0.6 is 0 Å². The fourth-order valence-corrected chi connectivity index (χ4v) is 4.93. The molecule has 3 heterocycles. The molecule has 0 saturated carbocycles. The summed E-state index contributed by atoms with van der Waals surface area (Å²) in [5.41, 5.74) is 3.49. The number of amides is 1. The van der Waals surface area contributed by atoms with E-state index in [2.05, 4.69) is 66.5 Å². The Kier molecular flexibility index (Phi) is 6.80. The summed E-state index contributed by atoms with van der Waals surface area (Å²) in [5, 5.41) is 7.88. The van der Waals surface area contributed by atoms with E-state index in [-0.39, 0.29) is 5.41 Å². The van der Waals surface area contributed by atoms with Gasteiger partial charge in [0.25, 0.3) is 0 Å². The first-order valence-electron chi connectivity index (χ1n) is 11.9. The molecule has 2 saturated heterocycles. The lowest BCUT2D eigenvalue weighted by molar-refractivity contribution is -0.133. The van der Waals surface area contributed by atoms with Crippen LogP contribution in [0.25, 0.3) is 11.3 Å². The lowest BCUT2D eigenvalue weighted by Gasteiger charge is -2.34. The van der Waals surface area contributed by atoms with Gasteiger partial charge in [0.05, 0.1) is 5.69 Å². The molecule has 0 spiro atoms. The second-order valence-corrected chi connectivity index (χ2v) is 10.4. The van der Waals surface area contributed by atoms with Gasteiger partial charge in [0.1, 0.15) is 0 Å². The number of nitrogens with one attached hydrogen (secondary N) is 1. The average Bonchev–Trinajstić information content (AvgIpc) is 3.24. The number of aromatic nitrogens is 1. The summed E-state index contributed by atoms with van der Waals surface area (Å²) in [7, 11) is 0. The van der Waals surface area contributed by atoms with Gasteiger partial charge in [0.15, 0.2) is 5.76 Å². The maximum Gasteiger partial charge on any atom is 0.222 e. The minimum Gasteiger partial charge on any atom is -0.356 e. The highest BCUT2D eigenvalue weighted by molar-refractivity contribution is 5.76. The third kappa shape index (κ3) is 5.57. The van der Waals surface area contributed by atoms with Crippen LogP contribution in [0.15, 0.2) is 34.9 Å². The molecular formula is C26H37N3O2. The smallest absolute Gasteiger partial charge is 0.222 e. The number of likely N-dealkylation sites (tertiary alicyclic amines) is 1. The van der Waals surface area contributed by atoms with Crippen molar-refractivity contribution < 1.29 is 9.32 Å². The van der Waals surface area contributed by atoms with E-state index in [0.29, 0.717) is 24.2 Å². The molecule has 31 heavy (non-hydrogen) atoms. The summed E-state index contributed by atoms with van der Waals surface area (Å²) < 4.78 is 5.68. The molecule has 1 aromatic carbocycles. The Bertz CT molecular complexity index is 860. The lowest BCUT2D eigenvalue weighted by atomic mass is 9.81. The largest absolute Gasteiger partial charge is 0.356 e. The third-order valence-electron chi connectivity index (χ3n) is 6.98. The Labute approximate surface area is 186 Å². The number of benzene rings is 1. The van der Waals surface area contributed by atoms with Crippen molar-refractivity contribution in [1.29, 1.82) is 0 Å². The zero-order chi connectivity index (χ0) is 21.8. The maximum absolute atomic E-state index is 12.8. The van der Waals surface area contributed by atoms with Gasteiger partial charge >= 0.3 is 0 Å². The van der Waals surface area contributed by atoms with Crippen LogP contribution in [-0.2, 0) is 16.6 Å². The van der Waals surface area contributed by atoms with E-state index in [9.17, 15) is 4.79 Å². The number of hydrogen-bond acceptors (Lipinski definition) is 4. The standard InChI is InChI=1S/C26H37N3O2/c1-26(2,3)22-9-7-19(8-10-22)24-17-23(28-31-24)15-21-18-27-12-11-20(21)16-25(30)29-13-5-4-6-14-29/h7-10,17,20-21,27H,4-6,11-16,18H2,1-3H3/t20-,21-/m0/s1. The molecule has 1 aromatic heterocycles. The molecule has 1 amide bonds. The van der Waals surface area contributed by atoms with Gasteiger partial charge in [-0.3, -0.25) is 4.79 Å². The number of hydrogen-bond donors (Lipinski definition) is 1. The number of piperidine rings is 2. The van der Waals surface area contributed by atoms with Crippen LogP contribution in [0.1, 0.15) is 64.1 Å². The van der Waals surface area contributed by atoms with E-state index in [0.717, 1.165) is 68.9 Å². The molecule has 1 N–H and O–H groups in total. The van der Waals surface area contributed by atoms with E-state index in [1.165, 1.54) is 12.0 Å². The van der Waals surface area contributed by atoms with Crippen molar-refractivity contribution in [3.05, 3.63) is 41.6 Å². The topological polar surface area (TPSA) is 58.4 Å². The highest BCUT2D eigenvalue weighted by atomic mass is 16.5. The van der Waals surface area contributed by atoms with Crippen LogP contribution in [0.5, 0.6) is 0 Å². The molecule has 5 heteroatoms. The van der Waals surface area contributed by atoms with Crippen molar-refractivity contribution in [2.45, 2.75) is 64.7 Å². The predicted octanol–water partition coefficient (Wildman–Crippen LogP) is 4.81. The molecule has 0 aliphatic carbocycles. The van der Waals surface area contributed by atoms with Crippen LogP contribution in [0.4, 0.5) is 0 Å². The van der Waals surface area contributed by atoms with E-state index >= 15 is 0 Å². The van der Waals surface area contributed by atoms with Crippen molar-refractivity contribution in [2.24, 2.45) is 11.8 Å². The molecule has 2 aliphatic heterocycles. The van der Waals surface area contributed by atoms with Crippen LogP contribution in [0.2, 0.25) is 0 Å². The maximum atomic E-state index is 12.8. The fraction of sp³-hybridized carbons (Fsp3) is 0.615. The van der Waals surface area contributed by atoms with Gasteiger partial charge in [0, 0.05) is 31.1 Å². The molecule has 2 aliphatic rings. The highest BCUT2D eigenvalue weighted by Crippen LogP contribution is 2.30. The van der Waals surface area contributed by atoms with Crippen molar-refractivity contribution in [3.8, 4) is 11.3 Å². The average molecular weight is 424 g/mol. The number of carbonyl (C=O) groups is 1. The van der Waals surface area contributed by atoms with Crippen molar-refractivity contribution in [1.82, 2.24) is 15.4 Å². The molecule has 2 fully saturated rings. The minimum absolute atomic E-state index is 0.139. The Morgan fingerprint density at radius 3 is 2.58 bits per heavy atom. The summed E-state index contributed by atoms with van der Waals surface area (Å²) in [6.45, 7) is 10.5. The number of rotatable bonds is 5. The lowest BCUT2D eigenvalue weighted by Crippen LogP contribution is -2.42. The molecular weight excluding hydrogens is 386 g/mol. The van der Waals surface area contributed by atoms with Gasteiger partial charge in [-0.25, -0.2) is 0 Å². The van der Waals surface area contributed by atoms with E-state index in [1.54, 1.807) is 0 Å². The normalized spacial score (nSPS) is 22.5. The van der Waals surface area contributed by atoms with Gasteiger partial charge < -0.3 is 14.7 Å². The second-order valence-electron chi connectivity index (χ2n) is 10.4. The number of carbonyl (C=O) groups excluding carboxylic acids is 1. The Morgan fingerprint density at radius 1 is 1.13 bits per heavy atom. The monoisotopic (exact) mass is 423 g/mol. The molecule has 2 atom stereocenters. The molecule has 0 radical (unpaired) electrons. The Hall–Kier alpha value is -2.14. The first-order valence-corrected chi connectivity index (χ1v) is 11.9. The van der Waals surface area contributed by atoms with Crippen LogP contribution in [-0.4, -0.2) is 42.1 Å². The van der Waals surface area contributed by atoms with Gasteiger partial charge in [-0.05, 0) is 68.0 Å². The van der Waals surface area contributed by atoms with E-state index < -0.39 is 0 Å². The van der Waals surface area contributed by atoms with E-state index in [4.69, 9.17) is 4.52 Å². The van der Waals surface area contributed by atoms with Crippen molar-refractivity contribution in [3.63, 3.8) is 0 Å². The van der Waals surface area contributed by atoms with Gasteiger partial charge in [0.2, 0.25) is 5.91 Å². The van der Waals surface area contributed by atoms with Crippen LogP contribution in [0, 0.1) is 11.8 Å². The zero-order valence-corrected chi connectivity index (χ0v) is 19.3. The summed E-state index contributed by atoms with van der Waals surface area (Å²) in [5.74, 6) is 2.00. The first kappa shape index (κ1) is 22.1. The second kappa shape index (κ2) is 9.56. The summed E-state index contributed by atoms with van der Waals surface area (Å²) >= 11 is 0. The zero-order valence-electron chi connectivity index (χ0n) is 19.3. The van der Waals surface area contributed by atoms with Crippen molar-refractivity contribution >= 4 is 5.91 Å². The molecule has 168 valence electrons. The first-order chi connectivity index (χ1) is 14.9. The van der Waals surface area contributed by atoms with Gasteiger partial charge in [-0.15, -0.1) is 0 Å². The van der Waals surface area contributed by atoms with Gasteiger partial charge in [-0.1, -0.05) is 50.2 Å². The molecule has 5 nitrogen and oxygen atoms in total.